The van der Waals surface area contributed by atoms with Crippen molar-refractivity contribution < 1.29 is 4.52 Å². The molecule has 0 spiro atoms. The van der Waals surface area contributed by atoms with Crippen LogP contribution in [0.5, 0.6) is 0 Å². The summed E-state index contributed by atoms with van der Waals surface area (Å²) in [5.41, 5.74) is 2.08. The maximum absolute atomic E-state index is 5.77. The molecular weight excluding hydrogens is 441 g/mol. The van der Waals surface area contributed by atoms with Gasteiger partial charge in [-0.25, -0.2) is 4.98 Å². The van der Waals surface area contributed by atoms with Crippen LogP contribution in [0.4, 0.5) is 0 Å². The second-order valence-corrected chi connectivity index (χ2v) is 5.85. The lowest BCUT2D eigenvalue weighted by atomic mass is 10.1. The smallest absolute Gasteiger partial charge is 0.191 e. The highest BCUT2D eigenvalue weighted by Gasteiger charge is 2.08. The minimum atomic E-state index is 0. The van der Waals surface area contributed by atoms with Gasteiger partial charge in [-0.3, -0.25) is 4.99 Å². The summed E-state index contributed by atoms with van der Waals surface area (Å²) in [6.07, 6.45) is 2.62. The molecule has 2 aromatic rings. The van der Waals surface area contributed by atoms with Crippen LogP contribution in [0.25, 0.3) is 0 Å². The number of halogens is 2. The molecule has 0 atom stereocenters. The summed E-state index contributed by atoms with van der Waals surface area (Å²) in [5.74, 6) is 1.87. The van der Waals surface area contributed by atoms with Gasteiger partial charge >= 0.3 is 0 Å². The summed E-state index contributed by atoms with van der Waals surface area (Å²) in [4.78, 5) is 8.25. The van der Waals surface area contributed by atoms with Gasteiger partial charge in [-0.2, -0.15) is 0 Å². The van der Waals surface area contributed by atoms with E-state index in [0.29, 0.717) is 17.6 Å². The Balaban J connectivity index is 0.00000288. The molecule has 0 aliphatic carbocycles. The van der Waals surface area contributed by atoms with E-state index in [1.54, 1.807) is 19.3 Å². The van der Waals surface area contributed by atoms with Gasteiger partial charge < -0.3 is 15.2 Å². The predicted octanol–water partition coefficient (Wildman–Crippen LogP) is 3.37. The number of nitrogens with zero attached hydrogens (tertiary/aromatic N) is 3. The van der Waals surface area contributed by atoms with Gasteiger partial charge in [0, 0.05) is 25.9 Å². The highest BCUT2D eigenvalue weighted by molar-refractivity contribution is 14.0. The van der Waals surface area contributed by atoms with Crippen LogP contribution in [0, 0.1) is 0 Å². The van der Waals surface area contributed by atoms with E-state index in [4.69, 9.17) is 16.1 Å². The SMILES string of the molecule is CN=C(NCCc1ccc(Cl)nc1)NCc1cc(C(C)C)no1.I. The highest BCUT2D eigenvalue weighted by atomic mass is 127. The molecule has 2 aromatic heterocycles. The molecule has 0 saturated heterocycles. The topological polar surface area (TPSA) is 75.3 Å². The van der Waals surface area contributed by atoms with Gasteiger partial charge in [0.25, 0.3) is 0 Å². The number of pyridine rings is 1. The largest absolute Gasteiger partial charge is 0.359 e. The minimum absolute atomic E-state index is 0. The van der Waals surface area contributed by atoms with E-state index < -0.39 is 0 Å². The first-order valence-corrected chi connectivity index (χ1v) is 7.96. The number of nitrogens with one attached hydrogen (secondary N) is 2. The number of hydrogen-bond donors (Lipinski definition) is 2. The average Bonchev–Trinajstić information content (AvgIpc) is 3.01. The maximum Gasteiger partial charge on any atom is 0.191 e. The van der Waals surface area contributed by atoms with Gasteiger partial charge in [-0.05, 0) is 24.0 Å². The summed E-state index contributed by atoms with van der Waals surface area (Å²) in [7, 11) is 1.74. The Morgan fingerprint density at radius 2 is 2.12 bits per heavy atom. The molecule has 0 aliphatic heterocycles. The van der Waals surface area contributed by atoms with Crippen molar-refractivity contribution in [3.8, 4) is 0 Å². The summed E-state index contributed by atoms with van der Waals surface area (Å²) < 4.78 is 5.29. The van der Waals surface area contributed by atoms with Crippen molar-refractivity contribution in [3.05, 3.63) is 46.6 Å². The van der Waals surface area contributed by atoms with Gasteiger partial charge in [0.15, 0.2) is 11.7 Å². The standard InChI is InChI=1S/C16H22ClN5O.HI/c1-11(2)14-8-13(23-22-14)10-21-16(18-3)19-7-6-12-4-5-15(17)20-9-12;/h4-5,8-9,11H,6-7,10H2,1-3H3,(H2,18,19,21);1H. The lowest BCUT2D eigenvalue weighted by Gasteiger charge is -2.10. The number of aromatic nitrogens is 2. The maximum atomic E-state index is 5.77. The fourth-order valence-corrected chi connectivity index (χ4v) is 2.07. The highest BCUT2D eigenvalue weighted by Crippen LogP contribution is 2.13. The average molecular weight is 464 g/mol. The lowest BCUT2D eigenvalue weighted by molar-refractivity contribution is 0.372. The third-order valence-electron chi connectivity index (χ3n) is 3.32. The van der Waals surface area contributed by atoms with Crippen LogP contribution >= 0.6 is 35.6 Å². The van der Waals surface area contributed by atoms with Crippen LogP contribution < -0.4 is 10.6 Å². The summed E-state index contributed by atoms with van der Waals surface area (Å²) in [6, 6.07) is 5.72. The number of guanidine groups is 1. The van der Waals surface area contributed by atoms with E-state index in [-0.39, 0.29) is 24.0 Å². The third-order valence-corrected chi connectivity index (χ3v) is 3.54. The predicted molar refractivity (Wildman–Crippen MR) is 107 cm³/mol. The monoisotopic (exact) mass is 463 g/mol. The van der Waals surface area contributed by atoms with Crippen molar-refractivity contribution in [2.45, 2.75) is 32.7 Å². The molecule has 0 aromatic carbocycles. The second-order valence-electron chi connectivity index (χ2n) is 5.46. The van der Waals surface area contributed by atoms with Crippen molar-refractivity contribution in [2.75, 3.05) is 13.6 Å². The van der Waals surface area contributed by atoms with Gasteiger partial charge in [-0.15, -0.1) is 24.0 Å². The van der Waals surface area contributed by atoms with Crippen LogP contribution in [0.15, 0.2) is 33.9 Å². The van der Waals surface area contributed by atoms with Crippen LogP contribution in [0.2, 0.25) is 5.15 Å². The third kappa shape index (κ3) is 6.64. The van der Waals surface area contributed by atoms with Crippen molar-refractivity contribution >= 4 is 41.5 Å². The van der Waals surface area contributed by atoms with Gasteiger partial charge in [0.05, 0.1) is 12.2 Å². The molecule has 24 heavy (non-hydrogen) atoms. The van der Waals surface area contributed by atoms with E-state index >= 15 is 0 Å². The van der Waals surface area contributed by atoms with Crippen LogP contribution in [0.1, 0.15) is 36.8 Å². The van der Waals surface area contributed by atoms with Crippen molar-refractivity contribution in [2.24, 2.45) is 4.99 Å². The first-order chi connectivity index (χ1) is 11.1. The molecular formula is C16H23ClIN5O. The zero-order valence-electron chi connectivity index (χ0n) is 14.0. The summed E-state index contributed by atoms with van der Waals surface area (Å²) >= 11 is 5.77. The zero-order valence-corrected chi connectivity index (χ0v) is 17.1. The molecule has 0 fully saturated rings. The second kappa shape index (κ2) is 10.5. The first kappa shape index (κ1) is 20.7. The fourth-order valence-electron chi connectivity index (χ4n) is 1.96. The molecule has 0 saturated carbocycles. The molecule has 2 N–H and O–H groups in total. The summed E-state index contributed by atoms with van der Waals surface area (Å²) in [6.45, 7) is 5.46. The molecule has 0 unspecified atom stereocenters. The van der Waals surface area contributed by atoms with Gasteiger partial charge in [0.2, 0.25) is 0 Å². The van der Waals surface area contributed by atoms with Crippen molar-refractivity contribution in [1.29, 1.82) is 0 Å². The van der Waals surface area contributed by atoms with E-state index in [0.717, 1.165) is 35.9 Å². The normalized spacial score (nSPS) is 11.3. The molecule has 132 valence electrons. The molecule has 0 amide bonds. The molecule has 0 aliphatic rings. The number of hydrogen-bond acceptors (Lipinski definition) is 4. The lowest BCUT2D eigenvalue weighted by Crippen LogP contribution is -2.37. The summed E-state index contributed by atoms with van der Waals surface area (Å²) in [5, 5.41) is 11.0. The Bertz CT molecular complexity index is 642. The Morgan fingerprint density at radius 3 is 2.71 bits per heavy atom. The first-order valence-electron chi connectivity index (χ1n) is 7.59. The van der Waals surface area contributed by atoms with Crippen LogP contribution in [-0.4, -0.2) is 29.7 Å². The Hall–Kier alpha value is -1.35. The fraction of sp³-hybridized carbons (Fsp3) is 0.438. The molecule has 2 rings (SSSR count). The molecule has 8 heteroatoms. The van der Waals surface area contributed by atoms with E-state index in [1.165, 1.54) is 0 Å². The van der Waals surface area contributed by atoms with Crippen molar-refractivity contribution in [1.82, 2.24) is 20.8 Å². The van der Waals surface area contributed by atoms with E-state index in [9.17, 15) is 0 Å². The van der Waals surface area contributed by atoms with Crippen LogP contribution in [0.3, 0.4) is 0 Å². The van der Waals surface area contributed by atoms with Gasteiger partial charge in [-0.1, -0.05) is 36.7 Å². The van der Waals surface area contributed by atoms with Gasteiger partial charge in [0.1, 0.15) is 5.15 Å². The molecule has 0 radical (unpaired) electrons. The Morgan fingerprint density at radius 1 is 1.33 bits per heavy atom. The Labute approximate surface area is 164 Å². The Kier molecular flexibility index (Phi) is 9.05. The zero-order chi connectivity index (χ0) is 16.7. The van der Waals surface area contributed by atoms with Crippen molar-refractivity contribution in [3.63, 3.8) is 0 Å². The quantitative estimate of drug-likeness (QED) is 0.297. The molecule has 6 nitrogen and oxygen atoms in total. The van der Waals surface area contributed by atoms with E-state index in [1.807, 2.05) is 12.1 Å². The minimum Gasteiger partial charge on any atom is -0.359 e. The molecule has 2 heterocycles. The number of aliphatic imine (C=N–C) groups is 1. The number of rotatable bonds is 6. The van der Waals surface area contributed by atoms with E-state index in [2.05, 4.69) is 39.6 Å². The molecule has 0 bridgehead atoms. The van der Waals surface area contributed by atoms with Crippen LogP contribution in [-0.2, 0) is 13.0 Å².